The Bertz CT molecular complexity index is 1470. The predicted molar refractivity (Wildman–Crippen MR) is 220 cm³/mol. The summed E-state index contributed by atoms with van der Waals surface area (Å²) in [5.74, 6) is 0. The number of anilines is 2. The first kappa shape index (κ1) is 44.4. The number of nitrogens with two attached hydrogens (primary N) is 1. The van der Waals surface area contributed by atoms with Gasteiger partial charge in [-0.3, -0.25) is 15.0 Å². The number of aromatic nitrogens is 3. The van der Waals surface area contributed by atoms with Crippen LogP contribution < -0.4 is 31.5 Å². The van der Waals surface area contributed by atoms with Crippen LogP contribution in [-0.2, 0) is 9.47 Å². The van der Waals surface area contributed by atoms with Crippen molar-refractivity contribution in [2.45, 2.75) is 109 Å². The highest BCUT2D eigenvalue weighted by Crippen LogP contribution is 2.20. The topological polar surface area (TPSA) is 160 Å². The number of hydrogen-bond donors (Lipinski definition) is 4. The second-order valence-corrected chi connectivity index (χ2v) is 16.5. The van der Waals surface area contributed by atoms with Gasteiger partial charge < -0.3 is 41.0 Å². The van der Waals surface area contributed by atoms with Crippen LogP contribution in [0.15, 0.2) is 78.1 Å². The number of ether oxygens (including phenoxy) is 2. The maximum Gasteiger partial charge on any atom is 0.407 e. The van der Waals surface area contributed by atoms with Crippen molar-refractivity contribution >= 4 is 39.5 Å². The molecule has 6 heterocycles. The summed E-state index contributed by atoms with van der Waals surface area (Å²) in [6, 6.07) is 12.5. The first-order valence-corrected chi connectivity index (χ1v) is 19.8. The zero-order valence-electron chi connectivity index (χ0n) is 33.0. The van der Waals surface area contributed by atoms with E-state index < -0.39 is 11.2 Å². The van der Waals surface area contributed by atoms with Gasteiger partial charge in [-0.05, 0) is 139 Å². The largest absolute Gasteiger partial charge is 0.444 e. The SMILES string of the molecule is Brc1cccnc1.CC(C)(C)OC(=O)NC1CCCN(c2cccnc2)C1.CC(C)(C)OC(=O)NC1CCCNC1.NC1CCCN(c2cccnc2)C1. The van der Waals surface area contributed by atoms with Crippen molar-refractivity contribution in [3.63, 3.8) is 0 Å². The van der Waals surface area contributed by atoms with Gasteiger partial charge in [0, 0.05) is 80.1 Å². The second-order valence-electron chi connectivity index (χ2n) is 15.6. The number of piperidine rings is 3. The Morgan fingerprint density at radius 2 is 1.24 bits per heavy atom. The molecule has 3 aromatic rings. The highest BCUT2D eigenvalue weighted by molar-refractivity contribution is 9.10. The van der Waals surface area contributed by atoms with Crippen LogP contribution in [0.5, 0.6) is 0 Å². The Morgan fingerprint density at radius 1 is 0.741 bits per heavy atom. The van der Waals surface area contributed by atoms with Crippen molar-refractivity contribution in [2.24, 2.45) is 5.73 Å². The molecule has 54 heavy (non-hydrogen) atoms. The molecule has 13 nitrogen and oxygen atoms in total. The molecule has 3 atom stereocenters. The van der Waals surface area contributed by atoms with E-state index in [1.807, 2.05) is 84.3 Å². The number of nitrogens with zero attached hydrogens (tertiary/aromatic N) is 5. The summed E-state index contributed by atoms with van der Waals surface area (Å²) < 4.78 is 11.5. The van der Waals surface area contributed by atoms with Crippen molar-refractivity contribution in [1.29, 1.82) is 0 Å². The van der Waals surface area contributed by atoms with Crippen LogP contribution in [-0.4, -0.2) is 95.7 Å². The minimum Gasteiger partial charge on any atom is -0.444 e. The Hall–Kier alpha value is -4.01. The van der Waals surface area contributed by atoms with Crippen molar-refractivity contribution in [1.82, 2.24) is 30.9 Å². The average molecular weight is 813 g/mol. The fourth-order valence-electron chi connectivity index (χ4n) is 5.92. The first-order chi connectivity index (χ1) is 25.7. The highest BCUT2D eigenvalue weighted by atomic mass is 79.9. The normalized spacial score (nSPS) is 19.9. The van der Waals surface area contributed by atoms with Gasteiger partial charge >= 0.3 is 12.2 Å². The molecule has 14 heteroatoms. The van der Waals surface area contributed by atoms with E-state index in [2.05, 4.69) is 62.7 Å². The lowest BCUT2D eigenvalue weighted by Crippen LogP contribution is -2.49. The van der Waals surface area contributed by atoms with Gasteiger partial charge in [-0.1, -0.05) is 0 Å². The summed E-state index contributed by atoms with van der Waals surface area (Å²) in [5, 5.41) is 9.04. The summed E-state index contributed by atoms with van der Waals surface area (Å²) in [6.07, 6.45) is 16.7. The van der Waals surface area contributed by atoms with Crippen LogP contribution in [0.2, 0.25) is 0 Å². The standard InChI is InChI=1S/C15H23N3O2.C10H15N3.C10H20N2O2.C5H4BrN/c1-15(2,3)20-14(19)17-12-6-5-9-18(11-12)13-7-4-8-16-10-13;11-9-3-2-6-13(8-9)10-4-1-5-12-7-10;1-10(2,3)14-9(13)12-8-5-4-6-11-7-8;6-5-2-1-3-7-4-5/h4,7-8,10,12H,5-6,9,11H2,1-3H3,(H,17,19);1,4-5,7,9H,2-3,6,8,11H2;8,11H,4-7H2,1-3H3,(H,12,13);1-4H. The fourth-order valence-corrected chi connectivity index (χ4v) is 6.19. The maximum atomic E-state index is 11.8. The summed E-state index contributed by atoms with van der Waals surface area (Å²) in [7, 11) is 0. The van der Waals surface area contributed by atoms with Crippen LogP contribution in [0.4, 0.5) is 21.0 Å². The molecular formula is C40H62BrN9O4. The third-order valence-electron chi connectivity index (χ3n) is 8.27. The van der Waals surface area contributed by atoms with Gasteiger partial charge in [0.05, 0.1) is 23.8 Å². The predicted octanol–water partition coefficient (Wildman–Crippen LogP) is 6.69. The van der Waals surface area contributed by atoms with Crippen LogP contribution in [0.25, 0.3) is 0 Å². The van der Waals surface area contributed by atoms with E-state index in [0.717, 1.165) is 81.5 Å². The fraction of sp³-hybridized carbons (Fsp3) is 0.575. The molecule has 3 aliphatic rings. The van der Waals surface area contributed by atoms with Gasteiger partial charge in [-0.25, -0.2) is 9.59 Å². The number of hydrogen-bond acceptors (Lipinski definition) is 11. The molecule has 0 bridgehead atoms. The molecule has 0 spiro atoms. The van der Waals surface area contributed by atoms with E-state index in [1.165, 1.54) is 12.1 Å². The zero-order chi connectivity index (χ0) is 39.4. The molecule has 6 rings (SSSR count). The molecule has 3 aliphatic heterocycles. The third-order valence-corrected chi connectivity index (χ3v) is 8.73. The first-order valence-electron chi connectivity index (χ1n) is 19.0. The molecule has 2 amide bonds. The lowest BCUT2D eigenvalue weighted by atomic mass is 10.1. The van der Waals surface area contributed by atoms with E-state index in [-0.39, 0.29) is 24.3 Å². The Morgan fingerprint density at radius 3 is 1.67 bits per heavy atom. The van der Waals surface area contributed by atoms with Crippen molar-refractivity contribution < 1.29 is 19.1 Å². The van der Waals surface area contributed by atoms with Gasteiger partial charge in [0.2, 0.25) is 0 Å². The number of rotatable bonds is 4. The van der Waals surface area contributed by atoms with Crippen molar-refractivity contribution in [2.75, 3.05) is 49.1 Å². The van der Waals surface area contributed by atoms with E-state index in [0.29, 0.717) is 6.04 Å². The smallest absolute Gasteiger partial charge is 0.407 e. The minimum absolute atomic E-state index is 0.124. The van der Waals surface area contributed by atoms with Gasteiger partial charge in [0.25, 0.3) is 0 Å². The third kappa shape index (κ3) is 19.4. The number of amides is 2. The number of alkyl carbamates (subject to hydrolysis) is 2. The van der Waals surface area contributed by atoms with E-state index in [1.54, 1.807) is 24.8 Å². The Kier molecular flexibility index (Phi) is 18.9. The lowest BCUT2D eigenvalue weighted by molar-refractivity contribution is 0.0486. The van der Waals surface area contributed by atoms with Crippen LogP contribution in [0, 0.1) is 0 Å². The van der Waals surface area contributed by atoms with Gasteiger partial charge in [0.1, 0.15) is 11.2 Å². The van der Waals surface area contributed by atoms with Crippen molar-refractivity contribution in [3.05, 3.63) is 78.1 Å². The van der Waals surface area contributed by atoms with Crippen LogP contribution in [0.3, 0.4) is 0 Å². The quantitative estimate of drug-likeness (QED) is 0.222. The van der Waals surface area contributed by atoms with Crippen molar-refractivity contribution in [3.8, 4) is 0 Å². The van der Waals surface area contributed by atoms with Crippen LogP contribution in [0.1, 0.15) is 80.1 Å². The number of halogens is 1. The number of nitrogens with one attached hydrogen (secondary N) is 3. The van der Waals surface area contributed by atoms with E-state index in [4.69, 9.17) is 15.2 Å². The lowest BCUT2D eigenvalue weighted by Gasteiger charge is -2.34. The molecular weight excluding hydrogens is 750 g/mol. The van der Waals surface area contributed by atoms with Crippen LogP contribution >= 0.6 is 15.9 Å². The minimum atomic E-state index is -0.457. The highest BCUT2D eigenvalue weighted by Gasteiger charge is 2.25. The summed E-state index contributed by atoms with van der Waals surface area (Å²) in [5.41, 5.74) is 7.33. The van der Waals surface area contributed by atoms with Gasteiger partial charge in [-0.2, -0.15) is 0 Å². The summed E-state index contributed by atoms with van der Waals surface area (Å²) >= 11 is 3.25. The molecule has 3 unspecified atom stereocenters. The van der Waals surface area contributed by atoms with Gasteiger partial charge in [-0.15, -0.1) is 0 Å². The Labute approximate surface area is 330 Å². The molecule has 5 N–H and O–H groups in total. The molecule has 298 valence electrons. The molecule has 0 aromatic carbocycles. The second kappa shape index (κ2) is 23.0. The molecule has 0 aliphatic carbocycles. The van der Waals surface area contributed by atoms with E-state index >= 15 is 0 Å². The molecule has 3 saturated heterocycles. The molecule has 3 aromatic heterocycles. The summed E-state index contributed by atoms with van der Waals surface area (Å²) in [6.45, 7) is 17.0. The average Bonchev–Trinajstić information content (AvgIpc) is 3.12. The number of carbonyl (C=O) groups excluding carboxylic acids is 2. The number of carbonyl (C=O) groups is 2. The zero-order valence-corrected chi connectivity index (χ0v) is 34.6. The molecule has 0 radical (unpaired) electrons. The summed E-state index contributed by atoms with van der Waals surface area (Å²) in [4.78, 5) is 39.8. The van der Waals surface area contributed by atoms with E-state index in [9.17, 15) is 9.59 Å². The monoisotopic (exact) mass is 811 g/mol. The van der Waals surface area contributed by atoms with Gasteiger partial charge in [0.15, 0.2) is 0 Å². The molecule has 0 saturated carbocycles. The number of pyridine rings is 3. The maximum absolute atomic E-state index is 11.8. The molecule has 3 fully saturated rings. The Balaban J connectivity index is 0.000000204.